The lowest BCUT2D eigenvalue weighted by atomic mass is 9.87. The summed E-state index contributed by atoms with van der Waals surface area (Å²) in [6.45, 7) is 6.21. The SMILES string of the molecule is COc1ccc(-c2[nH]ncc2/C=N/NS(=O)(=O)c2ccc(C(C)(C)C)cc2)cc1OC. The van der Waals surface area contributed by atoms with Crippen LogP contribution in [0.1, 0.15) is 31.9 Å². The van der Waals surface area contributed by atoms with Gasteiger partial charge in [-0.05, 0) is 41.3 Å². The van der Waals surface area contributed by atoms with E-state index in [1.54, 1.807) is 44.7 Å². The number of hydrogen-bond acceptors (Lipinski definition) is 6. The van der Waals surface area contributed by atoms with Crippen LogP contribution < -0.4 is 14.3 Å². The maximum Gasteiger partial charge on any atom is 0.276 e. The average Bonchev–Trinajstić information content (AvgIpc) is 3.21. The molecule has 2 N–H and O–H groups in total. The summed E-state index contributed by atoms with van der Waals surface area (Å²) in [6.07, 6.45) is 2.96. The number of aromatic nitrogens is 2. The van der Waals surface area contributed by atoms with E-state index in [-0.39, 0.29) is 10.3 Å². The molecule has 0 unspecified atom stereocenters. The Labute approximate surface area is 182 Å². The zero-order valence-corrected chi connectivity index (χ0v) is 18.9. The molecule has 0 radical (unpaired) electrons. The van der Waals surface area contributed by atoms with Gasteiger partial charge in [0, 0.05) is 11.1 Å². The normalized spacial score (nSPS) is 12.2. The lowest BCUT2D eigenvalue weighted by molar-refractivity contribution is 0.355. The number of hydrazone groups is 1. The van der Waals surface area contributed by atoms with Crippen LogP contribution in [0.2, 0.25) is 0 Å². The molecule has 1 heterocycles. The van der Waals surface area contributed by atoms with Gasteiger partial charge in [-0.1, -0.05) is 32.9 Å². The molecule has 0 saturated carbocycles. The third-order valence-electron chi connectivity index (χ3n) is 4.75. The van der Waals surface area contributed by atoms with Crippen LogP contribution in [-0.4, -0.2) is 39.0 Å². The first-order chi connectivity index (χ1) is 14.7. The summed E-state index contributed by atoms with van der Waals surface area (Å²) in [7, 11) is -0.669. The molecular formula is C22H26N4O4S. The highest BCUT2D eigenvalue weighted by Gasteiger charge is 2.17. The lowest BCUT2D eigenvalue weighted by Crippen LogP contribution is -2.19. The van der Waals surface area contributed by atoms with Gasteiger partial charge in [0.25, 0.3) is 10.0 Å². The number of ether oxygens (including phenoxy) is 2. The summed E-state index contributed by atoms with van der Waals surface area (Å²) in [4.78, 5) is 2.39. The Balaban J connectivity index is 1.79. The van der Waals surface area contributed by atoms with E-state index in [1.165, 1.54) is 6.21 Å². The van der Waals surface area contributed by atoms with Crippen molar-refractivity contribution in [3.8, 4) is 22.8 Å². The van der Waals surface area contributed by atoms with Crippen LogP contribution >= 0.6 is 0 Å². The smallest absolute Gasteiger partial charge is 0.276 e. The molecule has 0 amide bonds. The number of sulfonamides is 1. The third kappa shape index (κ3) is 5.05. The summed E-state index contributed by atoms with van der Waals surface area (Å²) in [5.74, 6) is 1.17. The fraction of sp³-hybridized carbons (Fsp3) is 0.273. The van der Waals surface area contributed by atoms with Crippen molar-refractivity contribution in [2.24, 2.45) is 5.10 Å². The molecule has 0 fully saturated rings. The topological polar surface area (TPSA) is 106 Å². The molecule has 0 saturated heterocycles. The van der Waals surface area contributed by atoms with Crippen LogP contribution in [0.5, 0.6) is 11.5 Å². The second kappa shape index (κ2) is 8.81. The van der Waals surface area contributed by atoms with Crippen LogP contribution in [0.15, 0.2) is 58.7 Å². The van der Waals surface area contributed by atoms with Crippen molar-refractivity contribution in [2.45, 2.75) is 31.1 Å². The summed E-state index contributed by atoms with van der Waals surface area (Å²) in [5, 5.41) is 10.8. The number of benzene rings is 2. The van der Waals surface area contributed by atoms with Gasteiger partial charge in [-0.3, -0.25) is 5.10 Å². The highest BCUT2D eigenvalue weighted by Crippen LogP contribution is 2.32. The fourth-order valence-electron chi connectivity index (χ4n) is 2.97. The molecule has 9 heteroatoms. The molecule has 1 aromatic heterocycles. The van der Waals surface area contributed by atoms with Crippen molar-refractivity contribution in [3.63, 3.8) is 0 Å². The van der Waals surface area contributed by atoms with E-state index < -0.39 is 10.0 Å². The largest absolute Gasteiger partial charge is 0.493 e. The molecular weight excluding hydrogens is 416 g/mol. The molecule has 0 aliphatic rings. The van der Waals surface area contributed by atoms with Crippen molar-refractivity contribution < 1.29 is 17.9 Å². The van der Waals surface area contributed by atoms with Gasteiger partial charge >= 0.3 is 0 Å². The van der Waals surface area contributed by atoms with Gasteiger partial charge in [-0.25, -0.2) is 4.83 Å². The number of methoxy groups -OCH3 is 2. The molecule has 3 aromatic rings. The van der Waals surface area contributed by atoms with Gasteiger partial charge in [0.05, 0.1) is 37.2 Å². The van der Waals surface area contributed by atoms with Crippen LogP contribution in [0.4, 0.5) is 0 Å². The first kappa shape index (κ1) is 22.4. The molecule has 8 nitrogen and oxygen atoms in total. The fourth-order valence-corrected chi connectivity index (χ4v) is 3.76. The molecule has 0 atom stereocenters. The highest BCUT2D eigenvalue weighted by atomic mass is 32.2. The van der Waals surface area contributed by atoms with Gasteiger partial charge in [-0.2, -0.15) is 18.6 Å². The van der Waals surface area contributed by atoms with Crippen molar-refractivity contribution >= 4 is 16.2 Å². The molecule has 31 heavy (non-hydrogen) atoms. The van der Waals surface area contributed by atoms with E-state index in [0.717, 1.165) is 11.1 Å². The van der Waals surface area contributed by atoms with Gasteiger partial charge in [0.2, 0.25) is 0 Å². The molecule has 3 rings (SSSR count). The minimum absolute atomic E-state index is 0.0598. The van der Waals surface area contributed by atoms with Crippen molar-refractivity contribution in [2.75, 3.05) is 14.2 Å². The minimum Gasteiger partial charge on any atom is -0.493 e. The standard InChI is InChI=1S/C22H26N4O4S/c1-22(2,3)17-7-9-18(10-8-17)31(27,28)26-24-14-16-13-23-25-21(16)15-6-11-19(29-4)20(12-15)30-5/h6-14,26H,1-5H3,(H,23,25)/b24-14+. The Bertz CT molecular complexity index is 1180. The van der Waals surface area contributed by atoms with E-state index in [4.69, 9.17) is 9.47 Å². The minimum atomic E-state index is -3.79. The highest BCUT2D eigenvalue weighted by molar-refractivity contribution is 7.89. The molecule has 0 bridgehead atoms. The van der Waals surface area contributed by atoms with E-state index in [1.807, 2.05) is 18.2 Å². The third-order valence-corrected chi connectivity index (χ3v) is 5.99. The number of H-pyrrole nitrogens is 1. The average molecular weight is 443 g/mol. The van der Waals surface area contributed by atoms with Gasteiger partial charge in [0.1, 0.15) is 0 Å². The van der Waals surface area contributed by atoms with Crippen LogP contribution in [0.25, 0.3) is 11.3 Å². The van der Waals surface area contributed by atoms with Crippen LogP contribution in [0.3, 0.4) is 0 Å². The number of nitrogens with zero attached hydrogens (tertiary/aromatic N) is 2. The van der Waals surface area contributed by atoms with Crippen LogP contribution in [0, 0.1) is 0 Å². The van der Waals surface area contributed by atoms with Gasteiger partial charge < -0.3 is 9.47 Å². The van der Waals surface area contributed by atoms with Gasteiger partial charge in [0.15, 0.2) is 11.5 Å². The first-order valence-corrected chi connectivity index (χ1v) is 11.0. The van der Waals surface area contributed by atoms with Crippen LogP contribution in [-0.2, 0) is 15.4 Å². The summed E-state index contributed by atoms with van der Waals surface area (Å²) in [6, 6.07) is 12.2. The Kier molecular flexibility index (Phi) is 6.35. The molecule has 0 spiro atoms. The Morgan fingerprint density at radius 1 is 1.03 bits per heavy atom. The zero-order chi connectivity index (χ0) is 22.6. The predicted molar refractivity (Wildman–Crippen MR) is 120 cm³/mol. The van der Waals surface area contributed by atoms with Crippen molar-refractivity contribution in [1.82, 2.24) is 15.0 Å². The number of aromatic amines is 1. The second-order valence-corrected chi connectivity index (χ2v) is 9.56. The zero-order valence-electron chi connectivity index (χ0n) is 18.1. The molecule has 0 aliphatic heterocycles. The quantitative estimate of drug-likeness (QED) is 0.429. The maximum atomic E-state index is 12.6. The van der Waals surface area contributed by atoms with E-state index in [9.17, 15) is 8.42 Å². The summed E-state index contributed by atoms with van der Waals surface area (Å²) in [5.41, 5.74) is 3.05. The summed E-state index contributed by atoms with van der Waals surface area (Å²) >= 11 is 0. The number of nitrogens with one attached hydrogen (secondary N) is 2. The van der Waals surface area contributed by atoms with E-state index >= 15 is 0 Å². The van der Waals surface area contributed by atoms with Crippen molar-refractivity contribution in [1.29, 1.82) is 0 Å². The molecule has 0 aliphatic carbocycles. The summed E-state index contributed by atoms with van der Waals surface area (Å²) < 4.78 is 35.7. The second-order valence-electron chi connectivity index (χ2n) is 7.90. The van der Waals surface area contributed by atoms with E-state index in [2.05, 4.69) is 40.9 Å². The number of rotatable bonds is 7. The van der Waals surface area contributed by atoms with E-state index in [0.29, 0.717) is 22.8 Å². The predicted octanol–water partition coefficient (Wildman–Crippen LogP) is 3.70. The molecule has 164 valence electrons. The Morgan fingerprint density at radius 3 is 2.32 bits per heavy atom. The Hall–Kier alpha value is -3.33. The number of hydrogen-bond donors (Lipinski definition) is 2. The molecule has 2 aromatic carbocycles. The van der Waals surface area contributed by atoms with Gasteiger partial charge in [-0.15, -0.1) is 0 Å². The van der Waals surface area contributed by atoms with Crippen molar-refractivity contribution in [3.05, 3.63) is 59.8 Å². The Morgan fingerprint density at radius 2 is 1.71 bits per heavy atom. The monoisotopic (exact) mass is 442 g/mol. The maximum absolute atomic E-state index is 12.6. The first-order valence-electron chi connectivity index (χ1n) is 9.57. The lowest BCUT2D eigenvalue weighted by Gasteiger charge is -2.19.